The highest BCUT2D eigenvalue weighted by Crippen LogP contribution is 2.27. The van der Waals surface area contributed by atoms with Crippen LogP contribution in [0.3, 0.4) is 0 Å². The lowest BCUT2D eigenvalue weighted by atomic mass is 9.87. The molecule has 1 saturated heterocycles. The third-order valence-corrected chi connectivity index (χ3v) is 6.09. The second-order valence-electron chi connectivity index (χ2n) is 7.92. The van der Waals surface area contributed by atoms with E-state index in [9.17, 15) is 4.79 Å². The van der Waals surface area contributed by atoms with Crippen molar-refractivity contribution in [2.75, 3.05) is 26.2 Å². The van der Waals surface area contributed by atoms with Gasteiger partial charge in [-0.25, -0.2) is 0 Å². The van der Waals surface area contributed by atoms with Gasteiger partial charge in [0.1, 0.15) is 0 Å². The molecule has 0 bridgehead atoms. The normalized spacial score (nSPS) is 20.5. The monoisotopic (exact) mass is 342 g/mol. The Bertz CT molecular complexity index is 516. The van der Waals surface area contributed by atoms with Crippen LogP contribution >= 0.6 is 0 Å². The topological polar surface area (TPSA) is 23.6 Å². The second kappa shape index (κ2) is 9.38. The molecule has 1 aromatic carbocycles. The van der Waals surface area contributed by atoms with Crippen LogP contribution in [0.25, 0.3) is 0 Å². The van der Waals surface area contributed by atoms with E-state index in [-0.39, 0.29) is 5.92 Å². The van der Waals surface area contributed by atoms with Gasteiger partial charge >= 0.3 is 0 Å². The maximum atomic E-state index is 12.9. The zero-order valence-electron chi connectivity index (χ0n) is 15.8. The van der Waals surface area contributed by atoms with Gasteiger partial charge in [-0.05, 0) is 57.2 Å². The Kier molecular flexibility index (Phi) is 6.92. The van der Waals surface area contributed by atoms with Gasteiger partial charge in [0, 0.05) is 25.6 Å². The number of hydrogen-bond acceptors (Lipinski definition) is 2. The van der Waals surface area contributed by atoms with Gasteiger partial charge in [0.25, 0.3) is 0 Å². The fraction of sp³-hybridized carbons (Fsp3) is 0.682. The Hall–Kier alpha value is -1.35. The second-order valence-corrected chi connectivity index (χ2v) is 7.92. The molecule has 1 saturated carbocycles. The summed E-state index contributed by atoms with van der Waals surface area (Å²) in [6, 6.07) is 10.4. The van der Waals surface area contributed by atoms with E-state index in [0.29, 0.717) is 5.91 Å². The summed E-state index contributed by atoms with van der Waals surface area (Å²) in [5.74, 6) is 1.50. The molecule has 0 radical (unpaired) electrons. The summed E-state index contributed by atoms with van der Waals surface area (Å²) >= 11 is 0. The molecule has 1 aromatic rings. The number of carbonyl (C=O) groups excluding carboxylic acids is 1. The first-order valence-corrected chi connectivity index (χ1v) is 10.3. The van der Waals surface area contributed by atoms with Crippen LogP contribution in [0.15, 0.2) is 30.3 Å². The summed E-state index contributed by atoms with van der Waals surface area (Å²) in [7, 11) is 0. The fourth-order valence-electron chi connectivity index (χ4n) is 4.50. The first-order chi connectivity index (χ1) is 12.3. The molecule has 25 heavy (non-hydrogen) atoms. The number of nitrogens with zero attached hydrogens (tertiary/aromatic N) is 2. The molecule has 3 rings (SSSR count). The Balaban J connectivity index is 1.46. The molecule has 1 aliphatic heterocycles. The predicted octanol–water partition coefficient (Wildman–Crippen LogP) is 4.33. The first-order valence-electron chi connectivity index (χ1n) is 10.3. The standard InChI is InChI=1S/C22H34N2O/c1-2-24(18-20-11-7-4-8-12-20)22(25)21-13-15-23(16-14-21)17-19-9-5-3-6-10-19/h4,7-8,11-12,19,21H,2-3,5-6,9-10,13-18H2,1H3. The molecule has 1 aliphatic carbocycles. The third-order valence-electron chi connectivity index (χ3n) is 6.09. The van der Waals surface area contributed by atoms with Crippen LogP contribution in [-0.4, -0.2) is 41.9 Å². The zero-order valence-corrected chi connectivity index (χ0v) is 15.8. The van der Waals surface area contributed by atoms with Crippen molar-refractivity contribution in [1.82, 2.24) is 9.80 Å². The molecule has 138 valence electrons. The van der Waals surface area contributed by atoms with Crippen LogP contribution in [0, 0.1) is 11.8 Å². The number of rotatable bonds is 6. The molecule has 3 nitrogen and oxygen atoms in total. The van der Waals surface area contributed by atoms with E-state index in [1.807, 2.05) is 11.0 Å². The van der Waals surface area contributed by atoms with Gasteiger partial charge in [-0.2, -0.15) is 0 Å². The summed E-state index contributed by atoms with van der Waals surface area (Å²) in [5.41, 5.74) is 1.23. The molecule has 2 aliphatic rings. The maximum absolute atomic E-state index is 12.9. The molecule has 3 heteroatoms. The minimum absolute atomic E-state index is 0.228. The summed E-state index contributed by atoms with van der Waals surface area (Å²) < 4.78 is 0. The van der Waals surface area contributed by atoms with E-state index in [0.717, 1.165) is 44.9 Å². The van der Waals surface area contributed by atoms with Gasteiger partial charge in [0.2, 0.25) is 5.91 Å². The molecule has 0 N–H and O–H groups in total. The van der Waals surface area contributed by atoms with E-state index in [4.69, 9.17) is 0 Å². The van der Waals surface area contributed by atoms with Gasteiger partial charge in [-0.3, -0.25) is 4.79 Å². The summed E-state index contributed by atoms with van der Waals surface area (Å²) in [4.78, 5) is 17.6. The molecule has 0 aromatic heterocycles. The highest BCUT2D eigenvalue weighted by molar-refractivity contribution is 5.79. The highest BCUT2D eigenvalue weighted by atomic mass is 16.2. The summed E-state index contributed by atoms with van der Waals surface area (Å²) in [6.07, 6.45) is 9.18. The number of piperidine rings is 1. The van der Waals surface area contributed by atoms with Crippen molar-refractivity contribution in [2.24, 2.45) is 11.8 Å². The van der Waals surface area contributed by atoms with E-state index in [1.54, 1.807) is 0 Å². The van der Waals surface area contributed by atoms with Crippen LogP contribution in [0.4, 0.5) is 0 Å². The van der Waals surface area contributed by atoms with Crippen LogP contribution in [0.2, 0.25) is 0 Å². The lowest BCUT2D eigenvalue weighted by molar-refractivity contribution is -0.137. The Morgan fingerprint density at radius 1 is 1.04 bits per heavy atom. The quantitative estimate of drug-likeness (QED) is 0.768. The van der Waals surface area contributed by atoms with Crippen molar-refractivity contribution in [3.05, 3.63) is 35.9 Å². The van der Waals surface area contributed by atoms with Crippen molar-refractivity contribution >= 4 is 5.91 Å². The maximum Gasteiger partial charge on any atom is 0.226 e. The number of likely N-dealkylation sites (tertiary alicyclic amines) is 1. The summed E-state index contributed by atoms with van der Waals surface area (Å²) in [6.45, 7) is 7.13. The van der Waals surface area contributed by atoms with Crippen molar-refractivity contribution in [3.8, 4) is 0 Å². The smallest absolute Gasteiger partial charge is 0.226 e. The Labute approximate surface area is 153 Å². The average molecular weight is 343 g/mol. The van der Waals surface area contributed by atoms with Gasteiger partial charge < -0.3 is 9.80 Å². The van der Waals surface area contributed by atoms with Gasteiger partial charge in [-0.15, -0.1) is 0 Å². The number of carbonyl (C=O) groups is 1. The van der Waals surface area contributed by atoms with E-state index in [1.165, 1.54) is 44.2 Å². The number of amides is 1. The first kappa shape index (κ1) is 18.4. The van der Waals surface area contributed by atoms with Gasteiger partial charge in [0.05, 0.1) is 0 Å². The molecule has 1 heterocycles. The summed E-state index contributed by atoms with van der Waals surface area (Å²) in [5, 5.41) is 0. The lowest BCUT2D eigenvalue weighted by Gasteiger charge is -2.36. The Morgan fingerprint density at radius 2 is 1.72 bits per heavy atom. The van der Waals surface area contributed by atoms with Crippen molar-refractivity contribution in [3.63, 3.8) is 0 Å². The number of hydrogen-bond donors (Lipinski definition) is 0. The molecule has 0 atom stereocenters. The SMILES string of the molecule is CCN(Cc1ccccc1)C(=O)C1CCN(CC2CCCCC2)CC1. The van der Waals surface area contributed by atoms with Crippen molar-refractivity contribution < 1.29 is 4.79 Å². The minimum atomic E-state index is 0.228. The molecule has 0 unspecified atom stereocenters. The van der Waals surface area contributed by atoms with Gasteiger partial charge in [-0.1, -0.05) is 49.6 Å². The van der Waals surface area contributed by atoms with E-state index >= 15 is 0 Å². The minimum Gasteiger partial charge on any atom is -0.338 e. The Morgan fingerprint density at radius 3 is 2.36 bits per heavy atom. The molecule has 1 amide bonds. The largest absolute Gasteiger partial charge is 0.338 e. The van der Waals surface area contributed by atoms with Crippen LogP contribution in [-0.2, 0) is 11.3 Å². The van der Waals surface area contributed by atoms with E-state index in [2.05, 4.69) is 36.1 Å². The van der Waals surface area contributed by atoms with Gasteiger partial charge in [0.15, 0.2) is 0 Å². The van der Waals surface area contributed by atoms with E-state index < -0.39 is 0 Å². The predicted molar refractivity (Wildman–Crippen MR) is 103 cm³/mol. The molecular formula is C22H34N2O. The van der Waals surface area contributed by atoms with Crippen LogP contribution in [0.5, 0.6) is 0 Å². The molecular weight excluding hydrogens is 308 g/mol. The highest BCUT2D eigenvalue weighted by Gasteiger charge is 2.29. The van der Waals surface area contributed by atoms with Crippen LogP contribution in [0.1, 0.15) is 57.4 Å². The lowest BCUT2D eigenvalue weighted by Crippen LogP contribution is -2.43. The fourth-order valence-corrected chi connectivity index (χ4v) is 4.50. The molecule has 2 fully saturated rings. The van der Waals surface area contributed by atoms with Crippen molar-refractivity contribution in [1.29, 1.82) is 0 Å². The van der Waals surface area contributed by atoms with Crippen LogP contribution < -0.4 is 0 Å². The average Bonchev–Trinajstić information content (AvgIpc) is 2.68. The molecule has 0 spiro atoms. The number of benzene rings is 1. The third kappa shape index (κ3) is 5.31. The zero-order chi connectivity index (χ0) is 17.5. The van der Waals surface area contributed by atoms with Crippen molar-refractivity contribution in [2.45, 2.75) is 58.4 Å².